The minimum atomic E-state index is -0.738. The van der Waals surface area contributed by atoms with Gasteiger partial charge in [-0.1, -0.05) is 0 Å². The van der Waals surface area contributed by atoms with Crippen molar-refractivity contribution >= 4 is 29.7 Å². The van der Waals surface area contributed by atoms with Gasteiger partial charge >= 0.3 is 0 Å². The summed E-state index contributed by atoms with van der Waals surface area (Å²) in [6.07, 6.45) is 6.55. The molecule has 1 saturated heterocycles. The van der Waals surface area contributed by atoms with Gasteiger partial charge in [-0.3, -0.25) is 4.79 Å². The molecule has 35 heavy (non-hydrogen) atoms. The number of rotatable bonds is 6. The number of benzene rings is 1. The molecule has 0 spiro atoms. The summed E-state index contributed by atoms with van der Waals surface area (Å²) in [5, 5.41) is 34.0. The zero-order valence-electron chi connectivity index (χ0n) is 20.8. The van der Waals surface area contributed by atoms with E-state index in [2.05, 4.69) is 20.5 Å². The van der Waals surface area contributed by atoms with Crippen molar-refractivity contribution in [1.82, 2.24) is 5.32 Å². The second-order valence-corrected chi connectivity index (χ2v) is 10.4. The lowest BCUT2D eigenvalue weighted by molar-refractivity contribution is -0.112. The van der Waals surface area contributed by atoms with Gasteiger partial charge in [0.15, 0.2) is 0 Å². The van der Waals surface area contributed by atoms with Gasteiger partial charge < -0.3 is 35.9 Å². The zero-order chi connectivity index (χ0) is 25.4. The van der Waals surface area contributed by atoms with Gasteiger partial charge in [0.25, 0.3) is 5.91 Å². The Morgan fingerprint density at radius 2 is 2.11 bits per heavy atom. The Labute approximate surface area is 206 Å². The first-order chi connectivity index (χ1) is 16.5. The van der Waals surface area contributed by atoms with E-state index in [0.717, 1.165) is 49.0 Å². The number of allylic oxidation sites excluding steroid dienone is 1. The van der Waals surface area contributed by atoms with Crippen LogP contribution in [-0.4, -0.2) is 59.4 Å². The van der Waals surface area contributed by atoms with Crippen LogP contribution in [0.5, 0.6) is 5.75 Å². The average Bonchev–Trinajstić information content (AvgIpc) is 3.15. The number of nitrogens with one attached hydrogen (secondary N) is 3. The molecule has 1 fully saturated rings. The Morgan fingerprint density at radius 3 is 2.69 bits per heavy atom. The third-order valence-corrected chi connectivity index (χ3v) is 6.99. The van der Waals surface area contributed by atoms with E-state index in [9.17, 15) is 15.0 Å². The van der Waals surface area contributed by atoms with Crippen molar-refractivity contribution in [2.45, 2.75) is 58.2 Å². The van der Waals surface area contributed by atoms with Crippen LogP contribution in [-0.2, 0) is 11.2 Å². The molecule has 0 aromatic heterocycles. The molecule has 5 N–H and O–H groups in total. The first-order valence-electron chi connectivity index (χ1n) is 12.0. The van der Waals surface area contributed by atoms with Crippen molar-refractivity contribution in [2.24, 2.45) is 10.9 Å². The molecule has 1 aromatic carbocycles. The summed E-state index contributed by atoms with van der Waals surface area (Å²) in [5.74, 6) is 0.766. The van der Waals surface area contributed by atoms with E-state index in [0.29, 0.717) is 23.7 Å². The molecule has 9 nitrogen and oxygen atoms in total. The summed E-state index contributed by atoms with van der Waals surface area (Å²) in [5.41, 5.74) is 1.94. The maximum absolute atomic E-state index is 13.2. The minimum absolute atomic E-state index is 0.115. The van der Waals surface area contributed by atoms with Crippen LogP contribution in [0.15, 0.2) is 40.3 Å². The van der Waals surface area contributed by atoms with E-state index < -0.39 is 17.1 Å². The van der Waals surface area contributed by atoms with Crippen LogP contribution in [0.2, 0.25) is 0 Å². The fourth-order valence-corrected chi connectivity index (χ4v) is 4.83. The highest BCUT2D eigenvalue weighted by atomic mass is 16.5. The molecule has 0 bridgehead atoms. The van der Waals surface area contributed by atoms with Crippen LogP contribution in [0.25, 0.3) is 0 Å². The van der Waals surface area contributed by atoms with Crippen LogP contribution in [0, 0.1) is 11.3 Å². The Kier molecular flexibility index (Phi) is 6.75. The number of carbonyl (C=O) groups excluding carboxylic acids is 1. The van der Waals surface area contributed by atoms with E-state index in [1.165, 1.54) is 0 Å². The maximum Gasteiger partial charge on any atom is 0.261 e. The van der Waals surface area contributed by atoms with Crippen LogP contribution in [0.1, 0.15) is 46.1 Å². The lowest BCUT2D eigenvalue weighted by atomic mass is 9.83. The summed E-state index contributed by atoms with van der Waals surface area (Å²) < 4.78 is 6.07. The number of amides is 1. The fraction of sp³-hybridized carbons (Fsp3) is 0.500. The van der Waals surface area contributed by atoms with Crippen molar-refractivity contribution in [3.05, 3.63) is 40.9 Å². The minimum Gasteiger partial charge on any atom is -0.484 e. The lowest BCUT2D eigenvalue weighted by Gasteiger charge is -2.39. The molecule has 3 heterocycles. The maximum atomic E-state index is 13.2. The first-order valence-corrected chi connectivity index (χ1v) is 12.0. The first kappa shape index (κ1) is 24.9. The summed E-state index contributed by atoms with van der Waals surface area (Å²) in [6.45, 7) is 8.78. The summed E-state index contributed by atoms with van der Waals surface area (Å²) in [6, 6.07) is 3.83. The molecule has 188 valence electrons. The van der Waals surface area contributed by atoms with Gasteiger partial charge in [-0.2, -0.15) is 0 Å². The largest absolute Gasteiger partial charge is 0.484 e. The van der Waals surface area contributed by atoms with E-state index >= 15 is 0 Å². The molecular weight excluding hydrogens is 446 g/mol. The number of aliphatic imine (C=N–C) groups is 1. The van der Waals surface area contributed by atoms with E-state index in [1.54, 1.807) is 12.4 Å². The Morgan fingerprint density at radius 1 is 1.40 bits per heavy atom. The van der Waals surface area contributed by atoms with Gasteiger partial charge in [0, 0.05) is 49.8 Å². The number of piperidine rings is 1. The van der Waals surface area contributed by atoms with Gasteiger partial charge in [0.05, 0.1) is 29.2 Å². The van der Waals surface area contributed by atoms with Gasteiger partial charge in [-0.25, -0.2) is 4.99 Å². The van der Waals surface area contributed by atoms with Crippen molar-refractivity contribution in [3.63, 3.8) is 0 Å². The SMILES string of the molecule is CC1=CN/C(=C(\C=N)C(=O)Nc2cc3c(cc2N2CCC(C(C)(C)O)CC2)O[C@@](C)(CO)C3)N=C1. The molecule has 0 aliphatic carbocycles. The van der Waals surface area contributed by atoms with E-state index in [1.807, 2.05) is 39.8 Å². The van der Waals surface area contributed by atoms with Crippen molar-refractivity contribution in [2.75, 3.05) is 29.9 Å². The second kappa shape index (κ2) is 9.47. The molecular formula is C26H35N5O4. The quantitative estimate of drug-likeness (QED) is 0.314. The molecule has 3 aliphatic rings. The number of ether oxygens (including phenoxy) is 1. The number of hydrogen-bond donors (Lipinski definition) is 5. The smallest absolute Gasteiger partial charge is 0.261 e. The van der Waals surface area contributed by atoms with Crippen molar-refractivity contribution in [3.8, 4) is 5.75 Å². The standard InChI is InChI=1S/C26H35N5O4/c1-16-13-28-23(29-14-16)19(12-27)24(33)30-20-9-17-11-26(4,15-32)35-22(17)10-21(20)31-7-5-18(6-8-31)25(2,3)34/h9-10,12-14,18,27-28,32,34H,5-8,11,15H2,1-4H3,(H,30,33)/b23-19-,27-12?/t26-/m1/s1. The summed E-state index contributed by atoms with van der Waals surface area (Å²) in [4.78, 5) is 19.7. The highest BCUT2D eigenvalue weighted by Crippen LogP contribution is 2.43. The number of hydrogen-bond acceptors (Lipinski definition) is 8. The third kappa shape index (κ3) is 5.26. The molecule has 3 aliphatic heterocycles. The van der Waals surface area contributed by atoms with E-state index in [-0.39, 0.29) is 18.1 Å². The molecule has 1 aromatic rings. The Bertz CT molecular complexity index is 1110. The molecule has 9 heteroatoms. The second-order valence-electron chi connectivity index (χ2n) is 10.4. The predicted octanol–water partition coefficient (Wildman–Crippen LogP) is 2.74. The number of carbonyl (C=O) groups is 1. The van der Waals surface area contributed by atoms with Gasteiger partial charge in [0.1, 0.15) is 17.2 Å². The highest BCUT2D eigenvalue weighted by molar-refractivity contribution is 6.18. The predicted molar refractivity (Wildman–Crippen MR) is 137 cm³/mol. The molecule has 0 saturated carbocycles. The number of anilines is 2. The number of aliphatic hydroxyl groups excluding tert-OH is 1. The molecule has 4 rings (SSSR count). The van der Waals surface area contributed by atoms with Gasteiger partial charge in [0.2, 0.25) is 0 Å². The van der Waals surface area contributed by atoms with Crippen LogP contribution in [0.3, 0.4) is 0 Å². The fourth-order valence-electron chi connectivity index (χ4n) is 4.83. The van der Waals surface area contributed by atoms with Crippen LogP contribution in [0.4, 0.5) is 11.4 Å². The van der Waals surface area contributed by atoms with Crippen LogP contribution >= 0.6 is 0 Å². The molecule has 1 amide bonds. The summed E-state index contributed by atoms with van der Waals surface area (Å²) in [7, 11) is 0. The van der Waals surface area contributed by atoms with Crippen LogP contribution < -0.4 is 20.3 Å². The number of fused-ring (bicyclic) bond motifs is 1. The van der Waals surface area contributed by atoms with Crippen molar-refractivity contribution in [1.29, 1.82) is 5.41 Å². The normalized spacial score (nSPS) is 23.7. The zero-order valence-corrected chi connectivity index (χ0v) is 20.8. The topological polar surface area (TPSA) is 130 Å². The highest BCUT2D eigenvalue weighted by Gasteiger charge is 2.37. The van der Waals surface area contributed by atoms with Crippen molar-refractivity contribution < 1.29 is 19.7 Å². The molecule has 1 atom stereocenters. The van der Waals surface area contributed by atoms with E-state index in [4.69, 9.17) is 10.1 Å². The Balaban J connectivity index is 1.65. The lowest BCUT2D eigenvalue weighted by Crippen LogP contribution is -2.42. The third-order valence-electron chi connectivity index (χ3n) is 6.99. The van der Waals surface area contributed by atoms with Gasteiger partial charge in [-0.05, 0) is 58.1 Å². The number of nitrogens with zero attached hydrogens (tertiary/aromatic N) is 2. The molecule has 0 unspecified atom stereocenters. The average molecular weight is 482 g/mol. The monoisotopic (exact) mass is 481 g/mol. The summed E-state index contributed by atoms with van der Waals surface area (Å²) >= 11 is 0. The van der Waals surface area contributed by atoms with Gasteiger partial charge in [-0.15, -0.1) is 0 Å². The Hall–Kier alpha value is -3.17. The molecule has 0 radical (unpaired) electrons. The number of aliphatic hydroxyl groups is 2.